The Hall–Kier alpha value is -1.49. The first-order valence-corrected chi connectivity index (χ1v) is 5.51. The summed E-state index contributed by atoms with van der Waals surface area (Å²) in [4.78, 5) is 11.6. The molecule has 1 atom stereocenters. The van der Waals surface area contributed by atoms with Crippen LogP contribution in [-0.4, -0.2) is 25.0 Å². The number of amides is 1. The van der Waals surface area contributed by atoms with Crippen LogP contribution >= 0.6 is 0 Å². The fourth-order valence-electron chi connectivity index (χ4n) is 1.44. The van der Waals surface area contributed by atoms with E-state index in [-0.39, 0.29) is 11.6 Å². The largest absolute Gasteiger partial charge is 0.350 e. The lowest BCUT2D eigenvalue weighted by molar-refractivity contribution is 0.0945. The highest BCUT2D eigenvalue weighted by Gasteiger charge is 2.15. The fourth-order valence-corrected chi connectivity index (χ4v) is 1.44. The molecule has 94 valence electrons. The molecule has 0 aliphatic heterocycles. The first-order valence-electron chi connectivity index (χ1n) is 5.51. The van der Waals surface area contributed by atoms with Gasteiger partial charge in [-0.2, -0.15) is 0 Å². The maximum absolute atomic E-state index is 13.3. The number of likely N-dealkylation sites (N-methyl/N-ethyl adjacent to an activating group) is 1. The van der Waals surface area contributed by atoms with Crippen LogP contribution in [0.5, 0.6) is 0 Å². The lowest BCUT2D eigenvalue weighted by Crippen LogP contribution is -2.39. The molecule has 0 aliphatic rings. The zero-order valence-corrected chi connectivity index (χ0v) is 9.89. The van der Waals surface area contributed by atoms with E-state index < -0.39 is 17.5 Å². The molecule has 0 saturated heterocycles. The molecule has 17 heavy (non-hydrogen) atoms. The number of hydrogen-bond donors (Lipinski definition) is 2. The van der Waals surface area contributed by atoms with Crippen molar-refractivity contribution in [3.8, 4) is 0 Å². The molecule has 1 aromatic rings. The molecule has 0 bridgehead atoms. The molecule has 1 rings (SSSR count). The van der Waals surface area contributed by atoms with E-state index in [4.69, 9.17) is 0 Å². The quantitative estimate of drug-likeness (QED) is 0.825. The van der Waals surface area contributed by atoms with Crippen LogP contribution in [0.4, 0.5) is 8.78 Å². The summed E-state index contributed by atoms with van der Waals surface area (Å²) in [6, 6.07) is 3.63. The molecule has 5 heteroatoms. The fraction of sp³-hybridized carbons (Fsp3) is 0.417. The van der Waals surface area contributed by atoms with Gasteiger partial charge < -0.3 is 10.6 Å². The van der Waals surface area contributed by atoms with Crippen LogP contribution in [0, 0.1) is 11.6 Å². The Bertz CT molecular complexity index is 396. The molecule has 0 radical (unpaired) electrons. The van der Waals surface area contributed by atoms with Gasteiger partial charge in [0.05, 0.1) is 5.56 Å². The van der Waals surface area contributed by atoms with Crippen LogP contribution < -0.4 is 10.6 Å². The highest BCUT2D eigenvalue weighted by atomic mass is 19.2. The zero-order valence-electron chi connectivity index (χ0n) is 9.89. The van der Waals surface area contributed by atoms with Crippen molar-refractivity contribution in [3.63, 3.8) is 0 Å². The van der Waals surface area contributed by atoms with Gasteiger partial charge in [0.2, 0.25) is 0 Å². The Morgan fingerprint density at radius 3 is 2.76 bits per heavy atom. The normalized spacial score (nSPS) is 12.2. The first kappa shape index (κ1) is 13.6. The van der Waals surface area contributed by atoms with Gasteiger partial charge in [0.15, 0.2) is 11.6 Å². The Labute approximate surface area is 99.2 Å². The number of nitrogens with one attached hydrogen (secondary N) is 2. The Morgan fingerprint density at radius 1 is 1.41 bits per heavy atom. The number of halogens is 2. The van der Waals surface area contributed by atoms with E-state index in [1.165, 1.54) is 12.1 Å². The van der Waals surface area contributed by atoms with Crippen molar-refractivity contribution in [1.82, 2.24) is 10.6 Å². The molecule has 0 spiro atoms. The lowest BCUT2D eigenvalue weighted by Gasteiger charge is -2.13. The van der Waals surface area contributed by atoms with Gasteiger partial charge in [0.25, 0.3) is 5.91 Å². The van der Waals surface area contributed by atoms with Crippen molar-refractivity contribution in [2.45, 2.75) is 19.9 Å². The third-order valence-electron chi connectivity index (χ3n) is 2.32. The number of rotatable bonds is 5. The van der Waals surface area contributed by atoms with Crippen molar-refractivity contribution in [3.05, 3.63) is 35.4 Å². The van der Waals surface area contributed by atoms with Crippen molar-refractivity contribution in [2.24, 2.45) is 0 Å². The average Bonchev–Trinajstić information content (AvgIpc) is 2.30. The highest BCUT2D eigenvalue weighted by Crippen LogP contribution is 2.10. The maximum Gasteiger partial charge on any atom is 0.254 e. The summed E-state index contributed by atoms with van der Waals surface area (Å²) < 4.78 is 26.2. The number of carbonyl (C=O) groups is 1. The molecule has 0 saturated carbocycles. The summed E-state index contributed by atoms with van der Waals surface area (Å²) in [5.41, 5.74) is -0.270. The predicted octanol–water partition coefficient (Wildman–Crippen LogP) is 1.69. The predicted molar refractivity (Wildman–Crippen MR) is 61.8 cm³/mol. The highest BCUT2D eigenvalue weighted by molar-refractivity contribution is 5.94. The summed E-state index contributed by atoms with van der Waals surface area (Å²) in [6.45, 7) is 4.99. The second-order valence-electron chi connectivity index (χ2n) is 3.77. The van der Waals surface area contributed by atoms with Crippen molar-refractivity contribution in [1.29, 1.82) is 0 Å². The van der Waals surface area contributed by atoms with Gasteiger partial charge in [0, 0.05) is 12.6 Å². The van der Waals surface area contributed by atoms with Crippen LogP contribution in [0.1, 0.15) is 24.2 Å². The Morgan fingerprint density at radius 2 is 2.12 bits per heavy atom. The SMILES string of the molecule is CCN[C@H](C)CNC(=O)c1cccc(F)c1F. The monoisotopic (exact) mass is 242 g/mol. The molecule has 0 heterocycles. The molecule has 1 amide bonds. The molecular weight excluding hydrogens is 226 g/mol. The van der Waals surface area contributed by atoms with Gasteiger partial charge in [-0.25, -0.2) is 8.78 Å². The van der Waals surface area contributed by atoms with E-state index in [1.807, 2.05) is 13.8 Å². The zero-order chi connectivity index (χ0) is 12.8. The van der Waals surface area contributed by atoms with Crippen molar-refractivity contribution >= 4 is 5.91 Å². The first-order chi connectivity index (χ1) is 8.06. The van der Waals surface area contributed by atoms with Gasteiger partial charge in [-0.05, 0) is 25.6 Å². The third-order valence-corrected chi connectivity index (χ3v) is 2.32. The van der Waals surface area contributed by atoms with Gasteiger partial charge in [-0.15, -0.1) is 0 Å². The molecule has 0 fully saturated rings. The molecular formula is C12H16F2N2O. The van der Waals surface area contributed by atoms with Gasteiger partial charge in [0.1, 0.15) is 0 Å². The minimum absolute atomic E-state index is 0.0839. The van der Waals surface area contributed by atoms with E-state index in [1.54, 1.807) is 0 Å². The van der Waals surface area contributed by atoms with Crippen LogP contribution in [-0.2, 0) is 0 Å². The van der Waals surface area contributed by atoms with E-state index in [2.05, 4.69) is 10.6 Å². The maximum atomic E-state index is 13.3. The Balaban J connectivity index is 2.61. The van der Waals surface area contributed by atoms with Crippen LogP contribution in [0.25, 0.3) is 0 Å². The van der Waals surface area contributed by atoms with E-state index >= 15 is 0 Å². The summed E-state index contributed by atoms with van der Waals surface area (Å²) >= 11 is 0. The van der Waals surface area contributed by atoms with Crippen molar-refractivity contribution < 1.29 is 13.6 Å². The van der Waals surface area contributed by atoms with Gasteiger partial charge in [-0.3, -0.25) is 4.79 Å². The van der Waals surface area contributed by atoms with E-state index in [0.717, 1.165) is 12.6 Å². The van der Waals surface area contributed by atoms with Crippen LogP contribution in [0.15, 0.2) is 18.2 Å². The third kappa shape index (κ3) is 3.78. The van der Waals surface area contributed by atoms with E-state index in [0.29, 0.717) is 6.54 Å². The second kappa shape index (κ2) is 6.30. The van der Waals surface area contributed by atoms with Gasteiger partial charge in [-0.1, -0.05) is 13.0 Å². The smallest absolute Gasteiger partial charge is 0.254 e. The molecule has 2 N–H and O–H groups in total. The number of hydrogen-bond acceptors (Lipinski definition) is 2. The Kier molecular flexibility index (Phi) is 5.03. The second-order valence-corrected chi connectivity index (χ2v) is 3.77. The lowest BCUT2D eigenvalue weighted by atomic mass is 10.2. The molecule has 0 unspecified atom stereocenters. The summed E-state index contributed by atoms with van der Waals surface area (Å²) in [5.74, 6) is -2.73. The van der Waals surface area contributed by atoms with E-state index in [9.17, 15) is 13.6 Å². The standard InChI is InChI=1S/C12H16F2N2O/c1-3-15-8(2)7-16-12(17)9-5-4-6-10(13)11(9)14/h4-6,8,15H,3,7H2,1-2H3,(H,16,17)/t8-/m1/s1. The van der Waals surface area contributed by atoms with Gasteiger partial charge >= 0.3 is 0 Å². The summed E-state index contributed by atoms with van der Waals surface area (Å²) in [5, 5.41) is 5.64. The number of carbonyl (C=O) groups excluding carboxylic acids is 1. The molecule has 0 aliphatic carbocycles. The summed E-state index contributed by atoms with van der Waals surface area (Å²) in [7, 11) is 0. The van der Waals surface area contributed by atoms with Crippen LogP contribution in [0.3, 0.4) is 0 Å². The molecule has 1 aromatic carbocycles. The average molecular weight is 242 g/mol. The summed E-state index contributed by atoms with van der Waals surface area (Å²) in [6.07, 6.45) is 0. The minimum Gasteiger partial charge on any atom is -0.350 e. The van der Waals surface area contributed by atoms with Crippen molar-refractivity contribution in [2.75, 3.05) is 13.1 Å². The number of benzene rings is 1. The minimum atomic E-state index is -1.11. The topological polar surface area (TPSA) is 41.1 Å². The molecule has 0 aromatic heterocycles. The molecule has 3 nitrogen and oxygen atoms in total. The van der Waals surface area contributed by atoms with Crippen LogP contribution in [0.2, 0.25) is 0 Å².